The largest absolute Gasteiger partial charge is 0.472 e. The summed E-state index contributed by atoms with van der Waals surface area (Å²) >= 11 is 0. The van der Waals surface area contributed by atoms with Gasteiger partial charge in [-0.25, -0.2) is 4.57 Å². The number of carbonyl (C=O) groups is 2. The van der Waals surface area contributed by atoms with Crippen molar-refractivity contribution < 1.29 is 37.6 Å². The zero-order valence-corrected chi connectivity index (χ0v) is 56.0. The van der Waals surface area contributed by atoms with Crippen molar-refractivity contribution in [3.8, 4) is 0 Å². The van der Waals surface area contributed by atoms with Crippen molar-refractivity contribution in [1.29, 1.82) is 0 Å². The van der Waals surface area contributed by atoms with Crippen LogP contribution in [-0.2, 0) is 32.7 Å². The lowest BCUT2D eigenvalue weighted by Crippen LogP contribution is -2.29. The van der Waals surface area contributed by atoms with Gasteiger partial charge in [0.25, 0.3) is 0 Å². The van der Waals surface area contributed by atoms with Crippen LogP contribution in [-0.4, -0.2) is 49.3 Å². The molecule has 0 heterocycles. The average molecular weight is 1210 g/mol. The highest BCUT2D eigenvalue weighted by Crippen LogP contribution is 2.43. The molecule has 0 aliphatic rings. The maximum atomic E-state index is 12.8. The summed E-state index contributed by atoms with van der Waals surface area (Å²) in [5, 5.41) is 0. The lowest BCUT2D eigenvalue weighted by molar-refractivity contribution is -0.161. The van der Waals surface area contributed by atoms with Crippen LogP contribution in [0.5, 0.6) is 0 Å². The summed E-state index contributed by atoms with van der Waals surface area (Å²) in [6.07, 6.45) is 96.1. The van der Waals surface area contributed by atoms with E-state index in [4.69, 9.17) is 24.3 Å². The second-order valence-electron chi connectivity index (χ2n) is 23.4. The number of phosphoric ester groups is 1. The average Bonchev–Trinajstić information content (AvgIpc) is 3.52. The van der Waals surface area contributed by atoms with Gasteiger partial charge in [-0.3, -0.25) is 18.6 Å². The number of ether oxygens (including phenoxy) is 2. The number of carbonyl (C=O) groups excluding carboxylic acids is 2. The Hall–Kier alpha value is -3.33. The van der Waals surface area contributed by atoms with E-state index in [1.165, 1.54) is 199 Å². The minimum Gasteiger partial charge on any atom is -0.462 e. The van der Waals surface area contributed by atoms with E-state index >= 15 is 0 Å². The molecule has 0 saturated heterocycles. The second-order valence-corrected chi connectivity index (χ2v) is 24.8. The van der Waals surface area contributed by atoms with Crippen molar-refractivity contribution >= 4 is 19.8 Å². The number of phosphoric acid groups is 1. The van der Waals surface area contributed by atoms with Gasteiger partial charge >= 0.3 is 19.8 Å². The molecule has 0 aromatic rings. The smallest absolute Gasteiger partial charge is 0.462 e. The Bertz CT molecular complexity index is 1760. The van der Waals surface area contributed by atoms with Gasteiger partial charge in [-0.05, 0) is 103 Å². The topological polar surface area (TPSA) is 134 Å². The summed E-state index contributed by atoms with van der Waals surface area (Å²) in [6.45, 7) is 3.65. The first kappa shape index (κ1) is 81.7. The molecule has 0 aromatic carbocycles. The molecule has 0 aliphatic heterocycles. The molecule has 2 unspecified atom stereocenters. The van der Waals surface area contributed by atoms with Crippen molar-refractivity contribution in [2.75, 3.05) is 26.4 Å². The molecule has 3 N–H and O–H groups in total. The van der Waals surface area contributed by atoms with Gasteiger partial charge in [0.05, 0.1) is 13.2 Å². The van der Waals surface area contributed by atoms with Gasteiger partial charge in [-0.15, -0.1) is 0 Å². The summed E-state index contributed by atoms with van der Waals surface area (Å²) in [5.74, 6) is -0.821. The number of nitrogens with two attached hydrogens (primary N) is 1. The van der Waals surface area contributed by atoms with E-state index in [1.807, 2.05) is 0 Å². The van der Waals surface area contributed by atoms with Crippen LogP contribution in [0.2, 0.25) is 0 Å². The number of rotatable bonds is 66. The van der Waals surface area contributed by atoms with Crippen molar-refractivity contribution in [2.45, 2.75) is 328 Å². The number of allylic oxidation sites excluding steroid dienone is 18. The van der Waals surface area contributed by atoms with Gasteiger partial charge in [-0.2, -0.15) is 0 Å². The number of unbranched alkanes of at least 4 members (excludes halogenated alkanes) is 35. The third-order valence-corrected chi connectivity index (χ3v) is 16.1. The van der Waals surface area contributed by atoms with Crippen LogP contribution < -0.4 is 5.73 Å². The molecule has 0 bridgehead atoms. The van der Waals surface area contributed by atoms with Crippen molar-refractivity contribution in [3.05, 3.63) is 109 Å². The molecule has 0 amide bonds. The van der Waals surface area contributed by atoms with Gasteiger partial charge in [0.1, 0.15) is 6.61 Å². The number of hydrogen-bond donors (Lipinski definition) is 2. The van der Waals surface area contributed by atoms with Crippen molar-refractivity contribution in [2.24, 2.45) is 5.73 Å². The third kappa shape index (κ3) is 69.6. The summed E-state index contributed by atoms with van der Waals surface area (Å²) < 4.78 is 33.2. The van der Waals surface area contributed by atoms with Crippen LogP contribution in [0.15, 0.2) is 109 Å². The Morgan fingerprint density at radius 2 is 0.647 bits per heavy atom. The quantitative estimate of drug-likeness (QED) is 0.0264. The normalized spacial score (nSPS) is 13.6. The summed E-state index contributed by atoms with van der Waals surface area (Å²) in [4.78, 5) is 35.4. The molecule has 0 rings (SSSR count). The van der Waals surface area contributed by atoms with E-state index in [2.05, 4.69) is 123 Å². The molecule has 0 radical (unpaired) electrons. The monoisotopic (exact) mass is 1210 g/mol. The van der Waals surface area contributed by atoms with E-state index in [9.17, 15) is 19.0 Å². The van der Waals surface area contributed by atoms with Crippen LogP contribution >= 0.6 is 7.82 Å². The molecule has 85 heavy (non-hydrogen) atoms. The fourth-order valence-electron chi connectivity index (χ4n) is 9.94. The van der Waals surface area contributed by atoms with Crippen molar-refractivity contribution in [3.63, 3.8) is 0 Å². The first-order valence-corrected chi connectivity index (χ1v) is 36.9. The van der Waals surface area contributed by atoms with Gasteiger partial charge in [0.2, 0.25) is 0 Å². The fraction of sp³-hybridized carbons (Fsp3) is 0.733. The highest BCUT2D eigenvalue weighted by molar-refractivity contribution is 7.47. The maximum absolute atomic E-state index is 12.8. The van der Waals surface area contributed by atoms with Crippen LogP contribution in [0.1, 0.15) is 322 Å². The molecule has 0 saturated carbocycles. The number of esters is 2. The minimum absolute atomic E-state index is 0.0505. The van der Waals surface area contributed by atoms with Crippen LogP contribution in [0, 0.1) is 0 Å². The standard InChI is InChI=1S/C75H132NO8P/c1-3-5-7-9-11-13-15-17-19-21-23-25-27-29-31-33-35-36-38-40-42-44-46-48-50-52-54-56-58-60-62-64-66-68-75(78)84-73(72-83-85(79,80)82-70-69-76)71-81-74(77)67-65-63-61-59-57-55-53-51-49-47-45-43-41-39-37-34-32-30-28-26-24-22-20-18-16-14-12-10-8-6-4-2/h5,7,11,13,16-19,22-25,28-31,35-36,73H,3-4,6,8-10,12,14-15,20-21,26-27,32-34,37-72,76H2,1-2H3,(H,79,80)/b7-5-,13-11-,18-16-,19-17-,24-22-,25-23-,30-28-,31-29-,36-35-. The second kappa shape index (κ2) is 69.8. The molecule has 0 fully saturated rings. The molecule has 0 spiro atoms. The lowest BCUT2D eigenvalue weighted by Gasteiger charge is -2.19. The molecule has 2 atom stereocenters. The molecule has 10 heteroatoms. The molecule has 0 aliphatic carbocycles. The first-order chi connectivity index (χ1) is 41.8. The first-order valence-electron chi connectivity index (χ1n) is 35.4. The van der Waals surface area contributed by atoms with Crippen LogP contribution in [0.25, 0.3) is 0 Å². The van der Waals surface area contributed by atoms with Crippen molar-refractivity contribution in [1.82, 2.24) is 0 Å². The Kier molecular flexibility index (Phi) is 67.0. The van der Waals surface area contributed by atoms with E-state index in [-0.39, 0.29) is 38.6 Å². The summed E-state index contributed by atoms with van der Waals surface area (Å²) in [6, 6.07) is 0. The van der Waals surface area contributed by atoms with Crippen LogP contribution in [0.3, 0.4) is 0 Å². The predicted octanol–water partition coefficient (Wildman–Crippen LogP) is 23.3. The van der Waals surface area contributed by atoms with Gasteiger partial charge in [-0.1, -0.05) is 316 Å². The highest BCUT2D eigenvalue weighted by Gasteiger charge is 2.26. The maximum Gasteiger partial charge on any atom is 0.472 e. The van der Waals surface area contributed by atoms with E-state index < -0.39 is 26.5 Å². The van der Waals surface area contributed by atoms with Crippen LogP contribution in [0.4, 0.5) is 0 Å². The van der Waals surface area contributed by atoms with Gasteiger partial charge in [0.15, 0.2) is 6.10 Å². The molecular weight excluding hydrogens is 1070 g/mol. The summed E-state index contributed by atoms with van der Waals surface area (Å²) in [5.41, 5.74) is 5.40. The van der Waals surface area contributed by atoms with Gasteiger partial charge in [0, 0.05) is 19.4 Å². The zero-order chi connectivity index (χ0) is 61.6. The Balaban J connectivity index is 3.88. The molecular formula is C75H132NO8P. The number of hydrogen-bond acceptors (Lipinski definition) is 8. The SMILES string of the molecule is CC/C=C\C/C=C\C/C=C\C/C=C\C/C=C\C/C=C\CCCCCCCCCCCCCCCCC(=O)OC(COC(=O)CCCCCCCCCCCCCCCCCC/C=C\C/C=C\C/C=C\CCCCCCC)COP(=O)(O)OCCN. The molecule has 490 valence electrons. The molecule has 0 aromatic heterocycles. The van der Waals surface area contributed by atoms with E-state index in [0.29, 0.717) is 6.42 Å². The Morgan fingerprint density at radius 1 is 0.365 bits per heavy atom. The van der Waals surface area contributed by atoms with E-state index in [0.717, 1.165) is 89.9 Å². The lowest BCUT2D eigenvalue weighted by atomic mass is 10.0. The minimum atomic E-state index is -4.40. The third-order valence-electron chi connectivity index (χ3n) is 15.1. The Labute approximate surface area is 524 Å². The zero-order valence-electron chi connectivity index (χ0n) is 55.1. The summed E-state index contributed by atoms with van der Waals surface area (Å²) in [7, 11) is -4.40. The predicted molar refractivity (Wildman–Crippen MR) is 367 cm³/mol. The Morgan fingerprint density at radius 3 is 0.965 bits per heavy atom. The molecule has 9 nitrogen and oxygen atoms in total. The van der Waals surface area contributed by atoms with E-state index in [1.54, 1.807) is 0 Å². The van der Waals surface area contributed by atoms with Gasteiger partial charge < -0.3 is 20.1 Å². The highest BCUT2D eigenvalue weighted by atomic mass is 31.2. The fourth-order valence-corrected chi connectivity index (χ4v) is 10.7.